The molecule has 118 valence electrons. The van der Waals surface area contributed by atoms with Gasteiger partial charge in [-0.25, -0.2) is 4.79 Å². The SMILES string of the molecule is O=C1OC2(c3ccc(O)cc3CC3C=CC=CC32)c2ccccc21. The molecule has 24 heavy (non-hydrogen) atoms. The molecule has 2 aromatic carbocycles. The second-order valence-electron chi connectivity index (χ2n) is 6.68. The molecular formula is C21H16O3. The molecule has 3 unspecified atom stereocenters. The van der Waals surface area contributed by atoms with Crippen LogP contribution < -0.4 is 0 Å². The number of phenols is 1. The third-order valence-electron chi connectivity index (χ3n) is 5.46. The molecular weight excluding hydrogens is 300 g/mol. The molecule has 0 bridgehead atoms. The van der Waals surface area contributed by atoms with Gasteiger partial charge in [0.15, 0.2) is 5.60 Å². The number of benzene rings is 2. The average molecular weight is 316 g/mol. The van der Waals surface area contributed by atoms with Gasteiger partial charge in [0.05, 0.1) is 5.56 Å². The van der Waals surface area contributed by atoms with Crippen molar-refractivity contribution in [2.24, 2.45) is 11.8 Å². The van der Waals surface area contributed by atoms with Crippen LogP contribution >= 0.6 is 0 Å². The van der Waals surface area contributed by atoms with Gasteiger partial charge in [0, 0.05) is 17.0 Å². The van der Waals surface area contributed by atoms with Crippen molar-refractivity contribution in [3.8, 4) is 5.75 Å². The summed E-state index contributed by atoms with van der Waals surface area (Å²) in [6, 6.07) is 13.0. The van der Waals surface area contributed by atoms with Crippen molar-refractivity contribution < 1.29 is 14.6 Å². The van der Waals surface area contributed by atoms with Crippen molar-refractivity contribution in [1.29, 1.82) is 0 Å². The molecule has 0 aromatic heterocycles. The van der Waals surface area contributed by atoms with E-state index in [1.54, 1.807) is 12.1 Å². The van der Waals surface area contributed by atoms with Gasteiger partial charge < -0.3 is 9.84 Å². The van der Waals surface area contributed by atoms with Gasteiger partial charge in [-0.2, -0.15) is 0 Å². The summed E-state index contributed by atoms with van der Waals surface area (Å²) in [6.45, 7) is 0. The van der Waals surface area contributed by atoms with Crippen molar-refractivity contribution in [3.63, 3.8) is 0 Å². The number of carbonyl (C=O) groups is 1. The lowest BCUT2D eigenvalue weighted by atomic mass is 9.62. The van der Waals surface area contributed by atoms with E-state index in [0.717, 1.165) is 23.1 Å². The zero-order valence-electron chi connectivity index (χ0n) is 13.0. The Labute approximate surface area is 139 Å². The molecule has 1 heterocycles. The minimum Gasteiger partial charge on any atom is -0.508 e. The van der Waals surface area contributed by atoms with Gasteiger partial charge >= 0.3 is 5.97 Å². The lowest BCUT2D eigenvalue weighted by molar-refractivity contribution is -0.0214. The van der Waals surface area contributed by atoms with E-state index in [0.29, 0.717) is 5.56 Å². The normalized spacial score (nSPS) is 29.1. The molecule has 3 nitrogen and oxygen atoms in total. The van der Waals surface area contributed by atoms with Crippen LogP contribution in [0.2, 0.25) is 0 Å². The van der Waals surface area contributed by atoms with Crippen LogP contribution in [0.25, 0.3) is 0 Å². The van der Waals surface area contributed by atoms with E-state index in [1.165, 1.54) is 0 Å². The van der Waals surface area contributed by atoms with E-state index in [4.69, 9.17) is 4.74 Å². The minimum absolute atomic E-state index is 0.0622. The first-order chi connectivity index (χ1) is 11.7. The van der Waals surface area contributed by atoms with Crippen LogP contribution in [0.3, 0.4) is 0 Å². The molecule has 5 rings (SSSR count). The summed E-state index contributed by atoms with van der Waals surface area (Å²) in [5, 5.41) is 9.92. The number of phenolic OH excluding ortho intramolecular Hbond substituents is 1. The average Bonchev–Trinajstić information content (AvgIpc) is 2.89. The Balaban J connectivity index is 1.85. The molecule has 0 fully saturated rings. The van der Waals surface area contributed by atoms with Gasteiger partial charge in [0.1, 0.15) is 5.75 Å². The largest absolute Gasteiger partial charge is 0.508 e. The van der Waals surface area contributed by atoms with Gasteiger partial charge in [0.25, 0.3) is 0 Å². The third kappa shape index (κ3) is 1.59. The molecule has 3 atom stereocenters. The fraction of sp³-hybridized carbons (Fsp3) is 0.190. The number of carbonyl (C=O) groups excluding carboxylic acids is 1. The van der Waals surface area contributed by atoms with Gasteiger partial charge in [-0.15, -0.1) is 0 Å². The number of hydrogen-bond acceptors (Lipinski definition) is 3. The highest BCUT2D eigenvalue weighted by atomic mass is 16.6. The molecule has 0 amide bonds. The van der Waals surface area contributed by atoms with Crippen LogP contribution in [-0.2, 0) is 16.8 Å². The molecule has 2 aromatic rings. The minimum atomic E-state index is -0.805. The van der Waals surface area contributed by atoms with E-state index in [1.807, 2.05) is 42.5 Å². The highest BCUT2D eigenvalue weighted by Gasteiger charge is 2.56. The first-order valence-electron chi connectivity index (χ1n) is 8.20. The Morgan fingerprint density at radius 1 is 1.04 bits per heavy atom. The van der Waals surface area contributed by atoms with Crippen LogP contribution in [0.1, 0.15) is 27.0 Å². The van der Waals surface area contributed by atoms with Crippen LogP contribution in [0.5, 0.6) is 5.75 Å². The molecule has 1 aliphatic heterocycles. The number of allylic oxidation sites excluding steroid dienone is 3. The maximum Gasteiger partial charge on any atom is 0.339 e. The Morgan fingerprint density at radius 2 is 1.88 bits per heavy atom. The molecule has 1 spiro atoms. The van der Waals surface area contributed by atoms with Crippen LogP contribution in [-0.4, -0.2) is 11.1 Å². The van der Waals surface area contributed by atoms with E-state index < -0.39 is 5.60 Å². The van der Waals surface area contributed by atoms with Crippen molar-refractivity contribution in [3.05, 3.63) is 89.0 Å². The summed E-state index contributed by atoms with van der Waals surface area (Å²) >= 11 is 0. The summed E-state index contributed by atoms with van der Waals surface area (Å²) in [5.74, 6) is 0.277. The van der Waals surface area contributed by atoms with Gasteiger partial charge in [-0.3, -0.25) is 0 Å². The summed E-state index contributed by atoms with van der Waals surface area (Å²) in [5.41, 5.74) is 2.79. The predicted octanol–water partition coefficient (Wildman–Crippen LogP) is 3.72. The lowest BCUT2D eigenvalue weighted by Gasteiger charge is -2.45. The highest BCUT2D eigenvalue weighted by molar-refractivity contribution is 5.95. The topological polar surface area (TPSA) is 46.5 Å². The molecule has 0 saturated heterocycles. The molecule has 3 heteroatoms. The second kappa shape index (κ2) is 4.60. The first kappa shape index (κ1) is 13.6. The Morgan fingerprint density at radius 3 is 2.79 bits per heavy atom. The van der Waals surface area contributed by atoms with E-state index in [9.17, 15) is 9.90 Å². The summed E-state index contributed by atoms with van der Waals surface area (Å²) in [7, 11) is 0. The lowest BCUT2D eigenvalue weighted by Crippen LogP contribution is -2.44. The zero-order chi connectivity index (χ0) is 16.3. The Bertz CT molecular complexity index is 924. The van der Waals surface area contributed by atoms with Crippen molar-refractivity contribution in [2.45, 2.75) is 12.0 Å². The highest BCUT2D eigenvalue weighted by Crippen LogP contribution is 2.55. The molecule has 0 radical (unpaired) electrons. The molecule has 1 N–H and O–H groups in total. The van der Waals surface area contributed by atoms with Gasteiger partial charge in [-0.1, -0.05) is 48.6 Å². The predicted molar refractivity (Wildman–Crippen MR) is 89.7 cm³/mol. The molecule has 0 saturated carbocycles. The quantitative estimate of drug-likeness (QED) is 0.754. The Kier molecular flexibility index (Phi) is 2.61. The zero-order valence-corrected chi connectivity index (χ0v) is 13.0. The smallest absolute Gasteiger partial charge is 0.339 e. The Hall–Kier alpha value is -2.81. The standard InChI is InChI=1S/C21H16O3/c22-15-9-10-18-14(12-15)11-13-5-1-3-7-17(13)21(18)19-8-4-2-6-16(19)20(23)24-21/h1-10,12-13,17,22H,11H2. The first-order valence-corrected chi connectivity index (χ1v) is 8.20. The number of rotatable bonds is 0. The van der Waals surface area contributed by atoms with Crippen LogP contribution in [0, 0.1) is 11.8 Å². The third-order valence-corrected chi connectivity index (χ3v) is 5.46. The number of esters is 1. The summed E-state index contributed by atoms with van der Waals surface area (Å²) < 4.78 is 6.09. The van der Waals surface area contributed by atoms with Crippen LogP contribution in [0.4, 0.5) is 0 Å². The summed E-state index contributed by atoms with van der Waals surface area (Å²) in [6.07, 6.45) is 9.23. The number of aromatic hydroxyl groups is 1. The fourth-order valence-corrected chi connectivity index (χ4v) is 4.52. The van der Waals surface area contributed by atoms with E-state index in [-0.39, 0.29) is 23.6 Å². The number of ether oxygens (including phenoxy) is 1. The number of fused-ring (bicyclic) bond motifs is 6. The van der Waals surface area contributed by atoms with E-state index in [2.05, 4.69) is 12.2 Å². The van der Waals surface area contributed by atoms with Gasteiger partial charge in [-0.05, 0) is 36.1 Å². The monoisotopic (exact) mass is 316 g/mol. The summed E-state index contributed by atoms with van der Waals surface area (Å²) in [4.78, 5) is 12.6. The number of hydrogen-bond donors (Lipinski definition) is 1. The van der Waals surface area contributed by atoms with Crippen LogP contribution in [0.15, 0.2) is 66.8 Å². The second-order valence-corrected chi connectivity index (χ2v) is 6.68. The molecule has 2 aliphatic carbocycles. The van der Waals surface area contributed by atoms with Crippen molar-refractivity contribution in [1.82, 2.24) is 0 Å². The van der Waals surface area contributed by atoms with E-state index >= 15 is 0 Å². The van der Waals surface area contributed by atoms with Crippen molar-refractivity contribution >= 4 is 5.97 Å². The van der Waals surface area contributed by atoms with Crippen molar-refractivity contribution in [2.75, 3.05) is 0 Å². The maximum atomic E-state index is 12.6. The fourth-order valence-electron chi connectivity index (χ4n) is 4.52. The van der Waals surface area contributed by atoms with Gasteiger partial charge in [0.2, 0.25) is 0 Å². The molecule has 3 aliphatic rings. The maximum absolute atomic E-state index is 12.6.